The Labute approximate surface area is 437 Å². The van der Waals surface area contributed by atoms with Crippen LogP contribution in [0.15, 0.2) is 194 Å². The van der Waals surface area contributed by atoms with Gasteiger partial charge in [0.05, 0.1) is 11.4 Å². The molecule has 0 atom stereocenters. The van der Waals surface area contributed by atoms with Crippen molar-refractivity contribution in [2.75, 3.05) is 9.80 Å². The molecular weight excluding hydrogens is 894 g/mol. The van der Waals surface area contributed by atoms with E-state index in [4.69, 9.17) is 0 Å². The molecule has 2 aliphatic carbocycles. The number of aromatic nitrogens is 1. The van der Waals surface area contributed by atoms with E-state index in [1.54, 1.807) is 0 Å². The third-order valence-corrected chi connectivity index (χ3v) is 17.7. The largest absolute Gasteiger partial charge is 0.378 e. The topological polar surface area (TPSA) is 11.4 Å². The van der Waals surface area contributed by atoms with Crippen LogP contribution in [-0.4, -0.2) is 11.3 Å². The fourth-order valence-corrected chi connectivity index (χ4v) is 14.2. The SMILES string of the molecule is Cc1cc2c3c(c1)N(c1ccc(C(C)(C)C)cc1-c1ccccc1)c1cc4c(cc1B3n1c3c(c5c(N(c6ccccc6)c6ccccc6)ccc-2c51)-c1ccccc1C3(C)C)C(C)(C)c1ccccc1C4(C)C. The van der Waals surface area contributed by atoms with E-state index in [0.29, 0.717) is 0 Å². The molecule has 360 valence electrons. The van der Waals surface area contributed by atoms with Crippen molar-refractivity contribution in [1.29, 1.82) is 0 Å². The third-order valence-electron chi connectivity index (χ3n) is 17.7. The number of benzene rings is 9. The first-order valence-electron chi connectivity index (χ1n) is 26.7. The van der Waals surface area contributed by atoms with Gasteiger partial charge in [-0.25, -0.2) is 0 Å². The number of nitrogens with zero attached hydrogens (tertiary/aromatic N) is 3. The minimum absolute atomic E-state index is 0.0404. The summed E-state index contributed by atoms with van der Waals surface area (Å²) in [6.07, 6.45) is 0. The highest BCUT2D eigenvalue weighted by Gasteiger charge is 2.51. The normalized spacial score (nSPS) is 15.7. The predicted molar refractivity (Wildman–Crippen MR) is 314 cm³/mol. The Balaban J connectivity index is 1.16. The van der Waals surface area contributed by atoms with Gasteiger partial charge in [0.25, 0.3) is 0 Å². The number of hydrogen-bond donors (Lipinski definition) is 0. The minimum atomic E-state index is -0.318. The molecule has 0 bridgehead atoms. The Bertz CT molecular complexity index is 3940. The van der Waals surface area contributed by atoms with Crippen LogP contribution in [0.25, 0.3) is 44.3 Å². The lowest BCUT2D eigenvalue weighted by molar-refractivity contribution is 0.521. The summed E-state index contributed by atoms with van der Waals surface area (Å²) < 4.78 is 2.86. The van der Waals surface area contributed by atoms with Crippen molar-refractivity contribution in [3.8, 4) is 33.4 Å². The molecule has 14 rings (SSSR count). The van der Waals surface area contributed by atoms with E-state index in [0.717, 1.165) is 11.4 Å². The molecule has 0 fully saturated rings. The quantitative estimate of drug-likeness (QED) is 0.159. The van der Waals surface area contributed by atoms with Crippen LogP contribution in [0.5, 0.6) is 0 Å². The zero-order valence-corrected chi connectivity index (χ0v) is 44.4. The minimum Gasteiger partial charge on any atom is -0.378 e. The molecule has 0 amide bonds. The Morgan fingerprint density at radius 2 is 1.04 bits per heavy atom. The molecule has 3 heterocycles. The van der Waals surface area contributed by atoms with E-state index in [9.17, 15) is 0 Å². The molecule has 0 radical (unpaired) electrons. The first kappa shape index (κ1) is 44.9. The van der Waals surface area contributed by atoms with Crippen molar-refractivity contribution >= 4 is 62.8 Å². The van der Waals surface area contributed by atoms with Crippen molar-refractivity contribution < 1.29 is 0 Å². The highest BCUT2D eigenvalue weighted by molar-refractivity contribution is 6.89. The number of rotatable bonds is 5. The van der Waals surface area contributed by atoms with Crippen molar-refractivity contribution in [3.05, 3.63) is 239 Å². The molecule has 0 saturated heterocycles. The van der Waals surface area contributed by atoms with Crippen LogP contribution in [0.1, 0.15) is 107 Å². The van der Waals surface area contributed by atoms with Gasteiger partial charge in [0.1, 0.15) is 0 Å². The van der Waals surface area contributed by atoms with Crippen molar-refractivity contribution in [2.24, 2.45) is 0 Å². The smallest absolute Gasteiger partial charge is 0.332 e. The van der Waals surface area contributed by atoms with Crippen LogP contribution in [0.4, 0.5) is 34.1 Å². The lowest BCUT2D eigenvalue weighted by Gasteiger charge is -2.47. The Hall–Kier alpha value is -7.82. The van der Waals surface area contributed by atoms with Gasteiger partial charge in [0, 0.05) is 72.3 Å². The summed E-state index contributed by atoms with van der Waals surface area (Å²) in [5.74, 6) is 0. The second-order valence-electron chi connectivity index (χ2n) is 24.2. The van der Waals surface area contributed by atoms with Crippen molar-refractivity contribution in [3.63, 3.8) is 0 Å². The molecule has 74 heavy (non-hydrogen) atoms. The summed E-state index contributed by atoms with van der Waals surface area (Å²) in [4.78, 5) is 5.18. The molecule has 9 aromatic carbocycles. The Morgan fingerprint density at radius 3 is 1.68 bits per heavy atom. The number of fused-ring (bicyclic) bond motifs is 11. The van der Waals surface area contributed by atoms with Crippen LogP contribution in [0.3, 0.4) is 0 Å². The zero-order valence-electron chi connectivity index (χ0n) is 44.4. The van der Waals surface area contributed by atoms with Gasteiger partial charge in [0.15, 0.2) is 0 Å². The van der Waals surface area contributed by atoms with Crippen LogP contribution >= 0.6 is 0 Å². The molecule has 4 heteroatoms. The summed E-state index contributed by atoms with van der Waals surface area (Å²) >= 11 is 0. The number of hydrogen-bond acceptors (Lipinski definition) is 2. The second-order valence-corrected chi connectivity index (χ2v) is 24.2. The van der Waals surface area contributed by atoms with E-state index < -0.39 is 0 Å². The van der Waals surface area contributed by atoms with Crippen LogP contribution in [0.2, 0.25) is 0 Å². The van der Waals surface area contributed by atoms with Crippen molar-refractivity contribution in [1.82, 2.24) is 4.48 Å². The molecule has 1 aromatic heterocycles. The molecule has 0 spiro atoms. The average molecular weight is 956 g/mol. The van der Waals surface area contributed by atoms with E-state index >= 15 is 0 Å². The summed E-state index contributed by atoms with van der Waals surface area (Å²) in [6, 6.07) is 74.0. The maximum atomic E-state index is 2.86. The van der Waals surface area contributed by atoms with Gasteiger partial charge in [-0.05, 0) is 133 Å². The van der Waals surface area contributed by atoms with Gasteiger partial charge < -0.3 is 14.3 Å². The number of anilines is 6. The van der Waals surface area contributed by atoms with E-state index in [1.165, 1.54) is 123 Å². The standard InChI is InChI=1S/C70H62BN3/c1-43-38-51-48-35-37-59(72(46-26-16-12-17-27-46)47-28-18-13-19-29-47)63-62-49-30-20-21-31-52(49)70(9,10)66(62)74(65(48)63)71-57-41-55-56(69(7,8)54-33-23-22-32-53(54)68(55,5)6)42-60(57)73(61(39-43)64(51)71)58-36-34-45(67(2,3)4)40-50(58)44-24-14-11-15-25-44/h11-42H,1-10H3. The summed E-state index contributed by atoms with van der Waals surface area (Å²) in [5, 5.41) is 1.30. The fraction of sp³-hybridized carbons (Fsp3) is 0.200. The van der Waals surface area contributed by atoms with Gasteiger partial charge in [0.2, 0.25) is 0 Å². The van der Waals surface area contributed by atoms with Crippen molar-refractivity contribution in [2.45, 2.75) is 90.9 Å². The average Bonchev–Trinajstić information content (AvgIpc) is 3.90. The first-order chi connectivity index (χ1) is 35.6. The Kier molecular flexibility index (Phi) is 9.32. The molecule has 0 saturated carbocycles. The molecule has 2 aliphatic heterocycles. The van der Waals surface area contributed by atoms with Crippen LogP contribution in [-0.2, 0) is 21.7 Å². The van der Waals surface area contributed by atoms with Crippen LogP contribution in [0, 0.1) is 6.92 Å². The summed E-state index contributed by atoms with van der Waals surface area (Å²) in [6.45, 7) is 24.0. The van der Waals surface area contributed by atoms with Crippen LogP contribution < -0.4 is 20.7 Å². The third kappa shape index (κ3) is 6.03. The molecule has 4 aliphatic rings. The van der Waals surface area contributed by atoms with E-state index in [2.05, 4.69) is 278 Å². The summed E-state index contributed by atoms with van der Waals surface area (Å²) in [7, 11) is 0. The van der Waals surface area contributed by atoms with Gasteiger partial charge in [-0.1, -0.05) is 202 Å². The molecular formula is C70H62BN3. The number of para-hydroxylation sites is 2. The van der Waals surface area contributed by atoms with Gasteiger partial charge in [-0.3, -0.25) is 0 Å². The molecule has 3 nitrogen and oxygen atoms in total. The lowest BCUT2D eigenvalue weighted by atomic mass is 9.43. The first-order valence-corrected chi connectivity index (χ1v) is 26.7. The fourth-order valence-electron chi connectivity index (χ4n) is 14.2. The predicted octanol–water partition coefficient (Wildman–Crippen LogP) is 17.1. The maximum Gasteiger partial charge on any atom is 0.332 e. The van der Waals surface area contributed by atoms with Gasteiger partial charge in [-0.15, -0.1) is 0 Å². The highest BCUT2D eigenvalue weighted by atomic mass is 15.2. The second kappa shape index (κ2) is 15.4. The zero-order chi connectivity index (χ0) is 50.8. The highest BCUT2D eigenvalue weighted by Crippen LogP contribution is 2.60. The molecule has 0 unspecified atom stereocenters. The lowest BCUT2D eigenvalue weighted by Crippen LogP contribution is -2.58. The summed E-state index contributed by atoms with van der Waals surface area (Å²) in [5.41, 5.74) is 29.0. The maximum absolute atomic E-state index is 2.86. The molecule has 10 aromatic rings. The monoisotopic (exact) mass is 956 g/mol. The molecule has 0 N–H and O–H groups in total. The van der Waals surface area contributed by atoms with E-state index in [1.807, 2.05) is 0 Å². The van der Waals surface area contributed by atoms with E-state index in [-0.39, 0.29) is 28.5 Å². The Morgan fingerprint density at radius 1 is 0.459 bits per heavy atom. The van der Waals surface area contributed by atoms with Gasteiger partial charge >= 0.3 is 6.85 Å². The number of aryl methyl sites for hydroxylation is 1. The van der Waals surface area contributed by atoms with Gasteiger partial charge in [-0.2, -0.15) is 0 Å².